The highest BCUT2D eigenvalue weighted by Gasteiger charge is 2.31. The van der Waals surface area contributed by atoms with Crippen LogP contribution in [0.5, 0.6) is 5.88 Å². The van der Waals surface area contributed by atoms with Crippen LogP contribution in [0.25, 0.3) is 5.65 Å². The van der Waals surface area contributed by atoms with E-state index in [0.29, 0.717) is 24.4 Å². The molecule has 0 unspecified atom stereocenters. The molecule has 0 bridgehead atoms. The highest BCUT2D eigenvalue weighted by atomic mass is 32.1. The molecule has 10 heteroatoms. The van der Waals surface area contributed by atoms with Crippen molar-refractivity contribution in [2.24, 2.45) is 0 Å². The molecule has 0 radical (unpaired) electrons. The van der Waals surface area contributed by atoms with E-state index in [1.54, 1.807) is 23.5 Å². The first-order valence-electron chi connectivity index (χ1n) is 8.10. The van der Waals surface area contributed by atoms with Crippen molar-refractivity contribution in [1.82, 2.24) is 30.4 Å². The number of carbonyl (C=O) groups is 2. The lowest BCUT2D eigenvalue weighted by Gasteiger charge is -2.32. The van der Waals surface area contributed by atoms with Crippen LogP contribution >= 0.6 is 11.3 Å². The average molecular weight is 372 g/mol. The number of carbonyl (C=O) groups excluding carboxylic acids is 2. The van der Waals surface area contributed by atoms with E-state index in [2.05, 4.69) is 25.9 Å². The maximum atomic E-state index is 12.3. The molecule has 3 aromatic rings. The molecule has 2 atom stereocenters. The van der Waals surface area contributed by atoms with Gasteiger partial charge in [0.25, 0.3) is 5.91 Å². The summed E-state index contributed by atoms with van der Waals surface area (Å²) >= 11 is 1.56. The smallest absolute Gasteiger partial charge is 0.258 e. The summed E-state index contributed by atoms with van der Waals surface area (Å²) in [4.78, 5) is 24.0. The number of nitrogens with one attached hydrogen (secondary N) is 2. The van der Waals surface area contributed by atoms with Gasteiger partial charge in [-0.05, 0) is 34.9 Å². The number of aromatic nitrogens is 4. The third kappa shape index (κ3) is 3.49. The lowest BCUT2D eigenvalue weighted by atomic mass is 9.93. The molecule has 1 aliphatic heterocycles. The zero-order chi connectivity index (χ0) is 17.9. The number of amides is 2. The Bertz CT molecular complexity index is 925. The van der Waals surface area contributed by atoms with Crippen LogP contribution in [0.3, 0.4) is 0 Å². The van der Waals surface area contributed by atoms with Crippen LogP contribution in [0.1, 0.15) is 24.4 Å². The van der Waals surface area contributed by atoms with Gasteiger partial charge in [-0.2, -0.15) is 15.9 Å². The fourth-order valence-electron chi connectivity index (χ4n) is 2.90. The van der Waals surface area contributed by atoms with Crippen LogP contribution in [-0.2, 0) is 9.59 Å². The monoisotopic (exact) mass is 372 g/mol. The Labute approximate surface area is 152 Å². The van der Waals surface area contributed by atoms with Crippen molar-refractivity contribution >= 4 is 28.8 Å². The van der Waals surface area contributed by atoms with Crippen LogP contribution in [0.4, 0.5) is 0 Å². The molecule has 26 heavy (non-hydrogen) atoms. The van der Waals surface area contributed by atoms with Crippen molar-refractivity contribution in [1.29, 1.82) is 0 Å². The fraction of sp³-hybridized carbons (Fsp3) is 0.312. The summed E-state index contributed by atoms with van der Waals surface area (Å²) in [5.74, 6) is 0.0326. The summed E-state index contributed by atoms with van der Waals surface area (Å²) in [6.45, 7) is -0.165. The highest BCUT2D eigenvalue weighted by molar-refractivity contribution is 7.08. The second-order valence-corrected chi connectivity index (χ2v) is 6.69. The van der Waals surface area contributed by atoms with Gasteiger partial charge in [0.05, 0.1) is 12.1 Å². The molecule has 4 heterocycles. The predicted octanol–water partition coefficient (Wildman–Crippen LogP) is 0.701. The first kappa shape index (κ1) is 16.5. The van der Waals surface area contributed by atoms with Gasteiger partial charge in [-0.3, -0.25) is 9.59 Å². The summed E-state index contributed by atoms with van der Waals surface area (Å²) in [6, 6.07) is 4.89. The topological polar surface area (TPSA) is 111 Å². The third-order valence-corrected chi connectivity index (χ3v) is 4.84. The molecule has 4 rings (SSSR count). The van der Waals surface area contributed by atoms with Crippen LogP contribution in [0, 0.1) is 0 Å². The number of nitrogens with zero attached hydrogens (tertiary/aromatic N) is 4. The van der Waals surface area contributed by atoms with Gasteiger partial charge in [-0.1, -0.05) is 0 Å². The van der Waals surface area contributed by atoms with Crippen LogP contribution in [0.2, 0.25) is 0 Å². The summed E-state index contributed by atoms with van der Waals surface area (Å²) in [5.41, 5.74) is 1.59. The van der Waals surface area contributed by atoms with E-state index < -0.39 is 0 Å². The minimum absolute atomic E-state index is 0.00519. The van der Waals surface area contributed by atoms with Gasteiger partial charge in [0, 0.05) is 12.5 Å². The number of rotatable bonds is 5. The van der Waals surface area contributed by atoms with Crippen molar-refractivity contribution < 1.29 is 14.3 Å². The Kier molecular flexibility index (Phi) is 4.48. The molecule has 0 saturated carbocycles. The Balaban J connectivity index is 1.37. The van der Waals surface area contributed by atoms with Crippen LogP contribution < -0.4 is 15.4 Å². The first-order valence-corrected chi connectivity index (χ1v) is 9.04. The number of ether oxygens (including phenoxy) is 1. The molecular formula is C16H16N6O3S. The summed E-state index contributed by atoms with van der Waals surface area (Å²) in [7, 11) is 0. The van der Waals surface area contributed by atoms with Crippen LogP contribution in [0.15, 0.2) is 35.3 Å². The number of hydrogen-bond acceptors (Lipinski definition) is 7. The van der Waals surface area contributed by atoms with E-state index in [-0.39, 0.29) is 30.5 Å². The second kappa shape index (κ2) is 7.08. The number of thiophene rings is 1. The minimum atomic E-state index is -0.267. The molecule has 9 nitrogen and oxygen atoms in total. The van der Waals surface area contributed by atoms with E-state index >= 15 is 0 Å². The van der Waals surface area contributed by atoms with Crippen LogP contribution in [-0.4, -0.2) is 44.3 Å². The van der Waals surface area contributed by atoms with Gasteiger partial charge in [0.1, 0.15) is 6.33 Å². The summed E-state index contributed by atoms with van der Waals surface area (Å²) in [6.07, 6.45) is 2.43. The normalized spacial score (nSPS) is 19.9. The van der Waals surface area contributed by atoms with E-state index in [1.165, 1.54) is 10.8 Å². The van der Waals surface area contributed by atoms with E-state index in [0.717, 1.165) is 5.56 Å². The Hall–Kier alpha value is -3.01. The van der Waals surface area contributed by atoms with Crippen molar-refractivity contribution in [3.8, 4) is 5.88 Å². The van der Waals surface area contributed by atoms with Gasteiger partial charge in [0.2, 0.25) is 11.8 Å². The highest BCUT2D eigenvalue weighted by Crippen LogP contribution is 2.25. The molecule has 1 fully saturated rings. The predicted molar refractivity (Wildman–Crippen MR) is 92.6 cm³/mol. The Morgan fingerprint density at radius 3 is 3.19 bits per heavy atom. The zero-order valence-corrected chi connectivity index (χ0v) is 14.5. The first-order chi connectivity index (χ1) is 12.7. The molecule has 0 spiro atoms. The second-order valence-electron chi connectivity index (χ2n) is 5.91. The minimum Gasteiger partial charge on any atom is -0.467 e. The maximum absolute atomic E-state index is 12.3. The number of fused-ring (bicyclic) bond motifs is 1. The SMILES string of the molecule is O=C(COc1ccc2nncn2n1)N[C@@H]1CCC(=O)N[C@H]1c1ccsc1. The van der Waals surface area contributed by atoms with Gasteiger partial charge < -0.3 is 15.4 Å². The number of piperidine rings is 1. The van der Waals surface area contributed by atoms with Gasteiger partial charge in [-0.25, -0.2) is 0 Å². The Morgan fingerprint density at radius 1 is 1.42 bits per heavy atom. The lowest BCUT2D eigenvalue weighted by molar-refractivity contribution is -0.128. The van der Waals surface area contributed by atoms with Crippen molar-refractivity contribution in [3.63, 3.8) is 0 Å². The van der Waals surface area contributed by atoms with E-state index in [1.807, 2.05) is 16.8 Å². The quantitative estimate of drug-likeness (QED) is 0.682. The molecule has 3 aromatic heterocycles. The molecule has 2 N–H and O–H groups in total. The van der Waals surface area contributed by atoms with Gasteiger partial charge in [-0.15, -0.1) is 15.3 Å². The number of hydrogen-bond donors (Lipinski definition) is 2. The van der Waals surface area contributed by atoms with Crippen molar-refractivity contribution in [2.45, 2.75) is 24.9 Å². The standard InChI is InChI=1S/C16H16N6O3S/c23-13-3-1-11(16(19-13)10-5-6-26-8-10)18-14(24)7-25-15-4-2-12-20-17-9-22(12)21-15/h2,4-6,8-9,11,16H,1,3,7H2,(H,18,24)(H,19,23)/t11-,16+/m1/s1. The molecule has 134 valence electrons. The average Bonchev–Trinajstić information content (AvgIpc) is 3.32. The summed E-state index contributed by atoms with van der Waals surface area (Å²) < 4.78 is 6.92. The van der Waals surface area contributed by atoms with E-state index in [9.17, 15) is 9.59 Å². The van der Waals surface area contributed by atoms with Gasteiger partial charge >= 0.3 is 0 Å². The maximum Gasteiger partial charge on any atom is 0.258 e. The van der Waals surface area contributed by atoms with Gasteiger partial charge in [0.15, 0.2) is 12.3 Å². The fourth-order valence-corrected chi connectivity index (χ4v) is 3.60. The van der Waals surface area contributed by atoms with Crippen molar-refractivity contribution in [2.75, 3.05) is 6.61 Å². The molecule has 1 aliphatic rings. The largest absolute Gasteiger partial charge is 0.467 e. The summed E-state index contributed by atoms with van der Waals surface area (Å²) in [5, 5.41) is 21.6. The molecule has 0 aromatic carbocycles. The van der Waals surface area contributed by atoms with E-state index in [4.69, 9.17) is 4.74 Å². The zero-order valence-electron chi connectivity index (χ0n) is 13.7. The third-order valence-electron chi connectivity index (χ3n) is 4.14. The lowest BCUT2D eigenvalue weighted by Crippen LogP contribution is -2.50. The van der Waals surface area contributed by atoms with Crippen molar-refractivity contribution in [3.05, 3.63) is 40.8 Å². The molecule has 2 amide bonds. The molecule has 1 saturated heterocycles. The molecular weight excluding hydrogens is 356 g/mol. The molecule has 0 aliphatic carbocycles. The Morgan fingerprint density at radius 2 is 2.35 bits per heavy atom.